The van der Waals surface area contributed by atoms with E-state index in [0.717, 1.165) is 53.5 Å². The summed E-state index contributed by atoms with van der Waals surface area (Å²) in [5, 5.41) is 4.03. The zero-order valence-electron chi connectivity index (χ0n) is 20.8. The number of likely N-dealkylation sites (tertiary alicyclic amines) is 2. The molecule has 0 saturated carbocycles. The van der Waals surface area contributed by atoms with E-state index in [1.165, 1.54) is 42.8 Å². The largest absolute Gasteiger partial charge is 0.356 e. The van der Waals surface area contributed by atoms with Gasteiger partial charge in [-0.2, -0.15) is 0 Å². The number of rotatable bonds is 8. The third kappa shape index (κ3) is 6.05. The van der Waals surface area contributed by atoms with Crippen LogP contribution in [-0.2, 0) is 4.79 Å². The molecule has 1 aromatic carbocycles. The molecule has 34 heavy (non-hydrogen) atoms. The van der Waals surface area contributed by atoms with Crippen LogP contribution in [0.5, 0.6) is 0 Å². The number of nitrogens with one attached hydrogen (secondary N) is 1. The topological polar surface area (TPSA) is 65.5 Å². The third-order valence-corrected chi connectivity index (χ3v) is 8.58. The van der Waals surface area contributed by atoms with Crippen LogP contribution < -0.4 is 5.32 Å². The lowest BCUT2D eigenvalue weighted by Crippen LogP contribution is -2.43. The summed E-state index contributed by atoms with van der Waals surface area (Å²) in [4.78, 5) is 35.7. The number of thiazole rings is 1. The van der Waals surface area contributed by atoms with Crippen LogP contribution in [0.15, 0.2) is 24.3 Å². The molecule has 1 N–H and O–H groups in total. The van der Waals surface area contributed by atoms with Crippen molar-refractivity contribution in [1.29, 1.82) is 0 Å². The van der Waals surface area contributed by atoms with Crippen LogP contribution in [0, 0.1) is 25.7 Å². The van der Waals surface area contributed by atoms with Crippen LogP contribution in [-0.4, -0.2) is 65.9 Å². The molecule has 0 radical (unpaired) electrons. The molecule has 2 amide bonds. The second-order valence-electron chi connectivity index (χ2n) is 9.91. The summed E-state index contributed by atoms with van der Waals surface area (Å²) in [5.74, 6) is 0.550. The molecule has 1 unspecified atom stereocenters. The fourth-order valence-electron chi connectivity index (χ4n) is 5.06. The molecule has 2 aromatic rings. The predicted molar refractivity (Wildman–Crippen MR) is 138 cm³/mol. The molecule has 2 aliphatic rings. The Kier molecular flexibility index (Phi) is 8.37. The number of aromatic nitrogens is 1. The number of piperidine rings is 1. The molecular formula is C27H38N4O2S. The Morgan fingerprint density at radius 1 is 1.09 bits per heavy atom. The Morgan fingerprint density at radius 2 is 1.76 bits per heavy atom. The Hall–Kier alpha value is -2.25. The maximum absolute atomic E-state index is 13.2. The molecule has 0 spiro atoms. The highest BCUT2D eigenvalue weighted by Gasteiger charge is 2.31. The molecule has 3 heterocycles. The van der Waals surface area contributed by atoms with E-state index < -0.39 is 0 Å². The first-order valence-corrected chi connectivity index (χ1v) is 13.6. The van der Waals surface area contributed by atoms with Crippen molar-refractivity contribution in [3.05, 3.63) is 40.4 Å². The fourth-order valence-corrected chi connectivity index (χ4v) is 6.10. The average molecular weight is 483 g/mol. The number of amides is 2. The van der Waals surface area contributed by atoms with Gasteiger partial charge in [-0.1, -0.05) is 36.8 Å². The number of benzene rings is 1. The second kappa shape index (κ2) is 11.5. The number of nitrogens with zero attached hydrogens (tertiary/aromatic N) is 3. The molecule has 2 saturated heterocycles. The van der Waals surface area contributed by atoms with E-state index in [4.69, 9.17) is 0 Å². The molecule has 7 heteroatoms. The van der Waals surface area contributed by atoms with Gasteiger partial charge in [-0.15, -0.1) is 11.3 Å². The fraction of sp³-hybridized carbons (Fsp3) is 0.593. The number of hydrogen-bond acceptors (Lipinski definition) is 5. The Morgan fingerprint density at radius 3 is 2.44 bits per heavy atom. The molecule has 0 bridgehead atoms. The van der Waals surface area contributed by atoms with Crippen molar-refractivity contribution in [3.63, 3.8) is 0 Å². The molecule has 1 aromatic heterocycles. The van der Waals surface area contributed by atoms with Crippen LogP contribution in [0.1, 0.15) is 60.0 Å². The van der Waals surface area contributed by atoms with Gasteiger partial charge in [-0.25, -0.2) is 4.98 Å². The van der Waals surface area contributed by atoms with Crippen molar-refractivity contribution < 1.29 is 9.59 Å². The Labute approximate surface area is 207 Å². The monoisotopic (exact) mass is 482 g/mol. The molecule has 6 nitrogen and oxygen atoms in total. The summed E-state index contributed by atoms with van der Waals surface area (Å²) in [5.41, 5.74) is 3.06. The van der Waals surface area contributed by atoms with Crippen LogP contribution in [0.4, 0.5) is 0 Å². The van der Waals surface area contributed by atoms with E-state index in [0.29, 0.717) is 19.0 Å². The summed E-state index contributed by atoms with van der Waals surface area (Å²) in [6.07, 6.45) is 5.37. The van der Waals surface area contributed by atoms with Crippen molar-refractivity contribution in [2.75, 3.05) is 39.3 Å². The van der Waals surface area contributed by atoms with E-state index in [2.05, 4.69) is 46.4 Å². The predicted octanol–water partition coefficient (Wildman–Crippen LogP) is 4.52. The van der Waals surface area contributed by atoms with E-state index in [9.17, 15) is 9.59 Å². The van der Waals surface area contributed by atoms with Gasteiger partial charge in [0.2, 0.25) is 5.91 Å². The second-order valence-corrected chi connectivity index (χ2v) is 10.9. The van der Waals surface area contributed by atoms with Crippen LogP contribution in [0.3, 0.4) is 0 Å². The lowest BCUT2D eigenvalue weighted by atomic mass is 9.84. The van der Waals surface area contributed by atoms with Crippen LogP contribution in [0.2, 0.25) is 0 Å². The molecule has 1 atom stereocenters. The van der Waals surface area contributed by atoms with Crippen molar-refractivity contribution >= 4 is 23.2 Å². The molecular weight excluding hydrogens is 444 g/mol. The van der Waals surface area contributed by atoms with Gasteiger partial charge >= 0.3 is 0 Å². The first-order chi connectivity index (χ1) is 16.4. The first kappa shape index (κ1) is 24.9. The number of carbonyl (C=O) groups excluding carboxylic acids is 2. The number of aryl methyl sites for hydroxylation is 2. The first-order valence-electron chi connectivity index (χ1n) is 12.8. The summed E-state index contributed by atoms with van der Waals surface area (Å²) >= 11 is 1.48. The minimum Gasteiger partial charge on any atom is -0.356 e. The molecule has 2 fully saturated rings. The number of hydrogen-bond donors (Lipinski definition) is 1. The maximum atomic E-state index is 13.2. The minimum absolute atomic E-state index is 0.0117. The van der Waals surface area contributed by atoms with Gasteiger partial charge < -0.3 is 15.1 Å². The van der Waals surface area contributed by atoms with Gasteiger partial charge in [-0.05, 0) is 71.5 Å². The summed E-state index contributed by atoms with van der Waals surface area (Å²) in [7, 11) is 0. The van der Waals surface area contributed by atoms with E-state index in [1.807, 2.05) is 18.7 Å². The van der Waals surface area contributed by atoms with Gasteiger partial charge in [0.1, 0.15) is 9.88 Å². The zero-order chi connectivity index (χ0) is 24.1. The molecule has 2 aliphatic heterocycles. The van der Waals surface area contributed by atoms with Gasteiger partial charge in [0.25, 0.3) is 5.91 Å². The zero-order valence-corrected chi connectivity index (χ0v) is 21.6. The van der Waals surface area contributed by atoms with E-state index >= 15 is 0 Å². The lowest BCUT2D eigenvalue weighted by molar-refractivity contribution is -0.126. The van der Waals surface area contributed by atoms with Crippen molar-refractivity contribution in [2.24, 2.45) is 11.8 Å². The van der Waals surface area contributed by atoms with Gasteiger partial charge in [0.15, 0.2) is 0 Å². The average Bonchev–Trinajstić information content (AvgIpc) is 3.51. The van der Waals surface area contributed by atoms with E-state index in [1.54, 1.807) is 0 Å². The molecule has 184 valence electrons. The van der Waals surface area contributed by atoms with Crippen molar-refractivity contribution in [1.82, 2.24) is 20.1 Å². The highest BCUT2D eigenvalue weighted by molar-refractivity contribution is 7.17. The van der Waals surface area contributed by atoms with E-state index in [-0.39, 0.29) is 17.7 Å². The SMILES string of the molecule is Cc1ccc(-c2nc(C)c(C(=O)N3CCC(C(C)C(=O)NCCCN4CCCC4)CC3)s2)cc1. The minimum atomic E-state index is -0.0117. The summed E-state index contributed by atoms with van der Waals surface area (Å²) in [6, 6.07) is 8.27. The van der Waals surface area contributed by atoms with Gasteiger partial charge in [-0.3, -0.25) is 9.59 Å². The third-order valence-electron chi connectivity index (χ3n) is 7.39. The molecule has 4 rings (SSSR count). The smallest absolute Gasteiger partial charge is 0.265 e. The highest BCUT2D eigenvalue weighted by atomic mass is 32.1. The Balaban J connectivity index is 1.24. The van der Waals surface area contributed by atoms with Crippen molar-refractivity contribution in [2.45, 2.75) is 52.9 Å². The van der Waals surface area contributed by atoms with Gasteiger partial charge in [0, 0.05) is 31.1 Å². The highest BCUT2D eigenvalue weighted by Crippen LogP contribution is 2.31. The summed E-state index contributed by atoms with van der Waals surface area (Å²) in [6.45, 7) is 11.7. The standard InChI is InChI=1S/C27H38N4O2S/c1-19-7-9-23(10-8-19)26-29-21(3)24(34-26)27(33)31-17-11-22(12-18-31)20(2)25(32)28-13-6-16-30-14-4-5-15-30/h7-10,20,22H,4-6,11-18H2,1-3H3,(H,28,32). The quantitative estimate of drug-likeness (QED) is 0.562. The number of carbonyl (C=O) groups is 2. The van der Waals surface area contributed by atoms with Gasteiger partial charge in [0.05, 0.1) is 5.69 Å². The molecule has 0 aliphatic carbocycles. The maximum Gasteiger partial charge on any atom is 0.265 e. The van der Waals surface area contributed by atoms with Crippen LogP contribution in [0.25, 0.3) is 10.6 Å². The Bertz CT molecular complexity index is 973. The normalized spacial score (nSPS) is 18.3. The van der Waals surface area contributed by atoms with Crippen LogP contribution >= 0.6 is 11.3 Å². The lowest BCUT2D eigenvalue weighted by Gasteiger charge is -2.34. The summed E-state index contributed by atoms with van der Waals surface area (Å²) < 4.78 is 0. The van der Waals surface area contributed by atoms with Crippen molar-refractivity contribution in [3.8, 4) is 10.6 Å².